The number of hydrogen-bond donors (Lipinski definition) is 2. The first-order valence-electron chi connectivity index (χ1n) is 7.89. The molecule has 1 fully saturated rings. The zero-order valence-electron chi connectivity index (χ0n) is 13.0. The minimum absolute atomic E-state index is 0.0866. The fourth-order valence-electron chi connectivity index (χ4n) is 2.85. The van der Waals surface area contributed by atoms with Gasteiger partial charge in [-0.15, -0.1) is 0 Å². The van der Waals surface area contributed by atoms with Crippen LogP contribution in [0.3, 0.4) is 0 Å². The van der Waals surface area contributed by atoms with Crippen LogP contribution in [-0.4, -0.2) is 41.5 Å². The Balaban J connectivity index is 1.97. The summed E-state index contributed by atoms with van der Waals surface area (Å²) in [6.07, 6.45) is 2.10. The summed E-state index contributed by atoms with van der Waals surface area (Å²) in [6.45, 7) is 2.91. The smallest absolute Gasteiger partial charge is 0.225 e. The van der Waals surface area contributed by atoms with Crippen LogP contribution in [0.1, 0.15) is 37.8 Å². The summed E-state index contributed by atoms with van der Waals surface area (Å²) in [5.74, 6) is -0.183. The topological polar surface area (TPSA) is 69.6 Å². The van der Waals surface area contributed by atoms with Crippen molar-refractivity contribution in [3.63, 3.8) is 0 Å². The van der Waals surface area contributed by atoms with Crippen molar-refractivity contribution >= 4 is 11.8 Å². The molecule has 120 valence electrons. The van der Waals surface area contributed by atoms with Crippen LogP contribution in [0.2, 0.25) is 0 Å². The fourth-order valence-corrected chi connectivity index (χ4v) is 2.85. The molecule has 2 rings (SSSR count). The van der Waals surface area contributed by atoms with Gasteiger partial charge in [0.2, 0.25) is 11.8 Å². The number of amides is 2. The predicted molar refractivity (Wildman–Crippen MR) is 84.0 cm³/mol. The maximum atomic E-state index is 12.4. The van der Waals surface area contributed by atoms with Crippen LogP contribution in [0, 0.1) is 5.92 Å². The van der Waals surface area contributed by atoms with Gasteiger partial charge < -0.3 is 15.3 Å². The fraction of sp³-hybridized carbons (Fsp3) is 0.529. The van der Waals surface area contributed by atoms with Crippen molar-refractivity contribution < 1.29 is 14.7 Å². The van der Waals surface area contributed by atoms with E-state index in [-0.39, 0.29) is 24.3 Å². The molecule has 0 saturated carbocycles. The molecule has 5 heteroatoms. The van der Waals surface area contributed by atoms with Gasteiger partial charge in [-0.25, -0.2) is 0 Å². The first-order valence-corrected chi connectivity index (χ1v) is 7.89. The van der Waals surface area contributed by atoms with E-state index in [0.717, 1.165) is 24.9 Å². The number of aliphatic hydroxyl groups is 1. The number of carbonyl (C=O) groups excluding carboxylic acids is 2. The average Bonchev–Trinajstić information content (AvgIpc) is 2.59. The van der Waals surface area contributed by atoms with E-state index in [4.69, 9.17) is 0 Å². The summed E-state index contributed by atoms with van der Waals surface area (Å²) in [6, 6.07) is 9.03. The molecular weight excluding hydrogens is 280 g/mol. The molecule has 0 spiro atoms. The number of likely N-dealkylation sites (tertiary alicyclic amines) is 1. The molecule has 2 N–H and O–H groups in total. The lowest BCUT2D eigenvalue weighted by Gasteiger charge is -2.32. The maximum absolute atomic E-state index is 12.4. The number of rotatable bonds is 5. The Labute approximate surface area is 131 Å². The van der Waals surface area contributed by atoms with Gasteiger partial charge in [0, 0.05) is 19.5 Å². The lowest BCUT2D eigenvalue weighted by molar-refractivity contribution is -0.135. The van der Waals surface area contributed by atoms with Crippen molar-refractivity contribution in [2.24, 2.45) is 5.92 Å². The first-order chi connectivity index (χ1) is 10.7. The maximum Gasteiger partial charge on any atom is 0.225 e. The standard InChI is InChI=1S/C17H24N2O3/c1-2-16(21)19-10-6-9-14(11-19)17(22)18-15(12-20)13-7-4-3-5-8-13/h3-5,7-8,14-15,20H,2,6,9-12H2,1H3,(H,18,22)/t14?,15-/m1/s1. The lowest BCUT2D eigenvalue weighted by atomic mass is 9.96. The summed E-state index contributed by atoms with van der Waals surface area (Å²) >= 11 is 0. The lowest BCUT2D eigenvalue weighted by Crippen LogP contribution is -2.46. The van der Waals surface area contributed by atoms with E-state index in [1.54, 1.807) is 4.90 Å². The molecule has 1 aromatic carbocycles. The largest absolute Gasteiger partial charge is 0.394 e. The predicted octanol–water partition coefficient (Wildman–Crippen LogP) is 1.48. The molecule has 1 aliphatic heterocycles. The molecule has 1 aliphatic rings. The van der Waals surface area contributed by atoms with E-state index in [1.165, 1.54) is 0 Å². The number of benzene rings is 1. The third-order valence-corrected chi connectivity index (χ3v) is 4.15. The highest BCUT2D eigenvalue weighted by Crippen LogP contribution is 2.19. The number of piperidine rings is 1. The van der Waals surface area contributed by atoms with E-state index in [0.29, 0.717) is 13.0 Å². The molecule has 5 nitrogen and oxygen atoms in total. The summed E-state index contributed by atoms with van der Waals surface area (Å²) in [4.78, 5) is 26.0. The van der Waals surface area contributed by atoms with Crippen molar-refractivity contribution in [2.75, 3.05) is 19.7 Å². The SMILES string of the molecule is CCC(=O)N1CCCC(C(=O)N[C@H](CO)c2ccccc2)C1. The molecule has 0 aromatic heterocycles. The van der Waals surface area contributed by atoms with Crippen LogP contribution in [0.15, 0.2) is 30.3 Å². The molecule has 2 amide bonds. The van der Waals surface area contributed by atoms with Gasteiger partial charge >= 0.3 is 0 Å². The zero-order chi connectivity index (χ0) is 15.9. The van der Waals surface area contributed by atoms with E-state index in [2.05, 4.69) is 5.32 Å². The van der Waals surface area contributed by atoms with Crippen LogP contribution in [-0.2, 0) is 9.59 Å². The molecule has 0 radical (unpaired) electrons. The highest BCUT2D eigenvalue weighted by atomic mass is 16.3. The van der Waals surface area contributed by atoms with Crippen molar-refractivity contribution in [3.8, 4) is 0 Å². The van der Waals surface area contributed by atoms with E-state index in [9.17, 15) is 14.7 Å². The first kappa shape index (κ1) is 16.5. The second kappa shape index (κ2) is 7.94. The quantitative estimate of drug-likeness (QED) is 0.866. The Kier molecular flexibility index (Phi) is 5.95. The van der Waals surface area contributed by atoms with Gasteiger partial charge in [-0.2, -0.15) is 0 Å². The van der Waals surface area contributed by atoms with Crippen LogP contribution < -0.4 is 5.32 Å². The van der Waals surface area contributed by atoms with Gasteiger partial charge in [-0.1, -0.05) is 37.3 Å². The van der Waals surface area contributed by atoms with Crippen LogP contribution >= 0.6 is 0 Å². The van der Waals surface area contributed by atoms with E-state index in [1.807, 2.05) is 37.3 Å². The zero-order valence-corrected chi connectivity index (χ0v) is 13.0. The number of nitrogens with zero attached hydrogens (tertiary/aromatic N) is 1. The highest BCUT2D eigenvalue weighted by molar-refractivity contribution is 5.81. The van der Waals surface area contributed by atoms with Gasteiger partial charge in [0.15, 0.2) is 0 Å². The third kappa shape index (κ3) is 4.07. The normalized spacial score (nSPS) is 19.5. The molecule has 1 saturated heterocycles. The van der Waals surface area contributed by atoms with Gasteiger partial charge in [-0.05, 0) is 18.4 Å². The number of aliphatic hydroxyl groups excluding tert-OH is 1. The van der Waals surface area contributed by atoms with E-state index < -0.39 is 6.04 Å². The molecule has 1 unspecified atom stereocenters. The highest BCUT2D eigenvalue weighted by Gasteiger charge is 2.29. The van der Waals surface area contributed by atoms with Crippen molar-refractivity contribution in [2.45, 2.75) is 32.2 Å². The summed E-state index contributed by atoms with van der Waals surface area (Å²) in [5.41, 5.74) is 0.885. The van der Waals surface area contributed by atoms with Crippen LogP contribution in [0.4, 0.5) is 0 Å². The molecule has 0 aliphatic carbocycles. The molecule has 1 heterocycles. The van der Waals surface area contributed by atoms with Crippen molar-refractivity contribution in [3.05, 3.63) is 35.9 Å². The Hall–Kier alpha value is -1.88. The Morgan fingerprint density at radius 3 is 2.73 bits per heavy atom. The molecule has 1 aromatic rings. The number of nitrogens with one attached hydrogen (secondary N) is 1. The van der Waals surface area contributed by atoms with Crippen LogP contribution in [0.5, 0.6) is 0 Å². The molecule has 0 bridgehead atoms. The summed E-state index contributed by atoms with van der Waals surface area (Å²) in [7, 11) is 0. The Morgan fingerprint density at radius 2 is 2.09 bits per heavy atom. The van der Waals surface area contributed by atoms with Gasteiger partial charge in [0.1, 0.15) is 0 Å². The van der Waals surface area contributed by atoms with Crippen molar-refractivity contribution in [1.29, 1.82) is 0 Å². The van der Waals surface area contributed by atoms with E-state index >= 15 is 0 Å². The molecular formula is C17H24N2O3. The second-order valence-corrected chi connectivity index (χ2v) is 5.69. The average molecular weight is 304 g/mol. The molecule has 22 heavy (non-hydrogen) atoms. The Morgan fingerprint density at radius 1 is 1.36 bits per heavy atom. The summed E-state index contributed by atoms with van der Waals surface area (Å²) in [5, 5.41) is 12.4. The Bertz CT molecular complexity index is 504. The monoisotopic (exact) mass is 304 g/mol. The number of carbonyl (C=O) groups is 2. The van der Waals surface area contributed by atoms with Crippen molar-refractivity contribution in [1.82, 2.24) is 10.2 Å². The third-order valence-electron chi connectivity index (χ3n) is 4.15. The van der Waals surface area contributed by atoms with Crippen LogP contribution in [0.25, 0.3) is 0 Å². The minimum Gasteiger partial charge on any atom is -0.394 e. The summed E-state index contributed by atoms with van der Waals surface area (Å²) < 4.78 is 0. The second-order valence-electron chi connectivity index (χ2n) is 5.69. The minimum atomic E-state index is -0.397. The van der Waals surface area contributed by atoms with Gasteiger partial charge in [-0.3, -0.25) is 9.59 Å². The number of hydrogen-bond acceptors (Lipinski definition) is 3. The molecule has 2 atom stereocenters. The van der Waals surface area contributed by atoms with Gasteiger partial charge in [0.25, 0.3) is 0 Å². The van der Waals surface area contributed by atoms with Gasteiger partial charge in [0.05, 0.1) is 18.6 Å².